The van der Waals surface area contributed by atoms with Crippen molar-refractivity contribution in [3.63, 3.8) is 0 Å². The molecule has 0 bridgehead atoms. The van der Waals surface area contributed by atoms with Gasteiger partial charge in [0.25, 0.3) is 0 Å². The molecule has 0 aliphatic heterocycles. The molecule has 0 aromatic carbocycles. The van der Waals surface area contributed by atoms with Gasteiger partial charge in [-0.15, -0.1) is 0 Å². The van der Waals surface area contributed by atoms with Gasteiger partial charge < -0.3 is 6.15 Å². The van der Waals surface area contributed by atoms with Gasteiger partial charge in [0.05, 0.1) is 0 Å². The molecule has 0 spiro atoms. The number of halogens is 1. The summed E-state index contributed by atoms with van der Waals surface area (Å²) in [6.07, 6.45) is 22.5. The molecule has 0 fully saturated rings. The second-order valence-electron chi connectivity index (χ2n) is 6.80. The van der Waals surface area contributed by atoms with E-state index in [2.05, 4.69) is 18.0 Å². The Bertz CT molecular complexity index is 382. The average Bonchev–Trinajstić information content (AvgIpc) is 2.57. The topological polar surface area (TPSA) is 47.9 Å². The molecule has 1 aromatic heterocycles. The summed E-state index contributed by atoms with van der Waals surface area (Å²) in [5, 5.41) is 0.683. The Morgan fingerprint density at radius 3 is 1.67 bits per heavy atom. The van der Waals surface area contributed by atoms with Gasteiger partial charge >= 0.3 is 0 Å². The average molecular weight is 355 g/mol. The molecule has 3 heteroatoms. The minimum Gasteiger partial charge on any atom is -0.344 e. The number of unbranched alkanes of at least 4 members (excludes halogenated alkanes) is 13. The van der Waals surface area contributed by atoms with Crippen LogP contribution in [0.2, 0.25) is 5.15 Å². The van der Waals surface area contributed by atoms with Crippen LogP contribution in [0.1, 0.15) is 102 Å². The summed E-state index contributed by atoms with van der Waals surface area (Å²) >= 11 is 6.07. The Hall–Kier alpha value is -0.600. The van der Waals surface area contributed by atoms with Gasteiger partial charge in [0.1, 0.15) is 5.15 Å². The van der Waals surface area contributed by atoms with Crippen molar-refractivity contribution in [3.8, 4) is 0 Å². The van der Waals surface area contributed by atoms with Crippen LogP contribution in [0.5, 0.6) is 0 Å². The minimum atomic E-state index is 0. The van der Waals surface area contributed by atoms with Crippen molar-refractivity contribution in [1.29, 1.82) is 0 Å². The SMILES string of the molecule is CCCCCCCCCCCCCCCCc1cccnc1Cl.N. The highest BCUT2D eigenvalue weighted by molar-refractivity contribution is 6.30. The molecule has 0 aliphatic rings. The smallest absolute Gasteiger partial charge is 0.132 e. The summed E-state index contributed by atoms with van der Waals surface area (Å²) in [4.78, 5) is 4.13. The Morgan fingerprint density at radius 1 is 0.750 bits per heavy atom. The van der Waals surface area contributed by atoms with Gasteiger partial charge in [0, 0.05) is 6.20 Å². The van der Waals surface area contributed by atoms with Crippen LogP contribution >= 0.6 is 11.6 Å². The normalized spacial score (nSPS) is 10.6. The molecule has 140 valence electrons. The minimum absolute atomic E-state index is 0. The predicted octanol–water partition coefficient (Wildman–Crippen LogP) is 7.92. The molecule has 0 amide bonds. The quantitative estimate of drug-likeness (QED) is 0.257. The molecule has 0 aliphatic carbocycles. The third kappa shape index (κ3) is 12.8. The number of aromatic nitrogens is 1. The van der Waals surface area contributed by atoms with E-state index >= 15 is 0 Å². The lowest BCUT2D eigenvalue weighted by Crippen LogP contribution is -1.89. The van der Waals surface area contributed by atoms with Crippen molar-refractivity contribution in [2.45, 2.75) is 103 Å². The molecule has 2 nitrogen and oxygen atoms in total. The van der Waals surface area contributed by atoms with Crippen LogP contribution in [0.25, 0.3) is 0 Å². The zero-order chi connectivity index (χ0) is 16.6. The van der Waals surface area contributed by atoms with Crippen molar-refractivity contribution in [2.75, 3.05) is 0 Å². The first-order valence-corrected chi connectivity index (χ1v) is 10.3. The molecule has 0 saturated heterocycles. The number of hydrogen-bond acceptors (Lipinski definition) is 2. The molecule has 0 atom stereocenters. The highest BCUT2D eigenvalue weighted by Gasteiger charge is 2.00. The lowest BCUT2D eigenvalue weighted by molar-refractivity contribution is 0.535. The van der Waals surface area contributed by atoms with E-state index < -0.39 is 0 Å². The second-order valence-corrected chi connectivity index (χ2v) is 7.16. The van der Waals surface area contributed by atoms with E-state index in [1.807, 2.05) is 6.07 Å². The van der Waals surface area contributed by atoms with Crippen molar-refractivity contribution in [3.05, 3.63) is 29.0 Å². The molecule has 3 N–H and O–H groups in total. The van der Waals surface area contributed by atoms with E-state index in [1.54, 1.807) is 6.20 Å². The zero-order valence-corrected chi connectivity index (χ0v) is 16.6. The van der Waals surface area contributed by atoms with Gasteiger partial charge in [0.2, 0.25) is 0 Å². The molecule has 0 radical (unpaired) electrons. The number of rotatable bonds is 15. The number of hydrogen-bond donors (Lipinski definition) is 1. The van der Waals surface area contributed by atoms with E-state index in [4.69, 9.17) is 11.6 Å². The van der Waals surface area contributed by atoms with E-state index in [-0.39, 0.29) is 6.15 Å². The van der Waals surface area contributed by atoms with Gasteiger partial charge in [-0.3, -0.25) is 0 Å². The van der Waals surface area contributed by atoms with Crippen LogP contribution < -0.4 is 6.15 Å². The van der Waals surface area contributed by atoms with Gasteiger partial charge in [-0.2, -0.15) is 0 Å². The molecule has 1 heterocycles. The largest absolute Gasteiger partial charge is 0.344 e. The summed E-state index contributed by atoms with van der Waals surface area (Å²) in [6.45, 7) is 2.29. The van der Waals surface area contributed by atoms with Crippen molar-refractivity contribution >= 4 is 11.6 Å². The fraction of sp³-hybridized carbons (Fsp3) is 0.762. The van der Waals surface area contributed by atoms with Crippen molar-refractivity contribution in [2.24, 2.45) is 0 Å². The van der Waals surface area contributed by atoms with Crippen LogP contribution in [-0.2, 0) is 6.42 Å². The molecular formula is C21H39ClN2. The highest BCUT2D eigenvalue weighted by Crippen LogP contribution is 2.16. The van der Waals surface area contributed by atoms with Gasteiger partial charge in [-0.1, -0.05) is 108 Å². The monoisotopic (exact) mass is 354 g/mol. The molecule has 24 heavy (non-hydrogen) atoms. The van der Waals surface area contributed by atoms with E-state index in [0.717, 1.165) is 6.42 Å². The third-order valence-electron chi connectivity index (χ3n) is 4.64. The second kappa shape index (κ2) is 17.2. The van der Waals surface area contributed by atoms with Gasteiger partial charge in [0.15, 0.2) is 0 Å². The highest BCUT2D eigenvalue weighted by atomic mass is 35.5. The number of pyridine rings is 1. The standard InChI is InChI=1S/C21H36ClN.H3N/c1-2-3-4-5-6-7-8-9-10-11-12-13-14-15-17-20-18-16-19-23-21(20)22;/h16,18-19H,2-15,17H2,1H3;1H3. The van der Waals surface area contributed by atoms with E-state index in [1.165, 1.54) is 95.5 Å². The summed E-state index contributed by atoms with van der Waals surface area (Å²) in [6, 6.07) is 4.07. The summed E-state index contributed by atoms with van der Waals surface area (Å²) in [5.74, 6) is 0. The Kier molecular flexibility index (Phi) is 16.8. The number of aryl methyl sites for hydroxylation is 1. The Labute approximate surface area is 155 Å². The maximum Gasteiger partial charge on any atom is 0.132 e. The molecule has 0 saturated carbocycles. The van der Waals surface area contributed by atoms with E-state index in [0.29, 0.717) is 5.15 Å². The van der Waals surface area contributed by atoms with Crippen molar-refractivity contribution < 1.29 is 0 Å². The lowest BCUT2D eigenvalue weighted by atomic mass is 10.0. The van der Waals surface area contributed by atoms with Gasteiger partial charge in [-0.05, 0) is 24.5 Å². The maximum atomic E-state index is 6.07. The van der Waals surface area contributed by atoms with E-state index in [9.17, 15) is 0 Å². The maximum absolute atomic E-state index is 6.07. The van der Waals surface area contributed by atoms with Crippen molar-refractivity contribution in [1.82, 2.24) is 11.1 Å². The first-order valence-electron chi connectivity index (χ1n) is 9.94. The zero-order valence-electron chi connectivity index (χ0n) is 15.9. The first-order chi connectivity index (χ1) is 11.3. The first kappa shape index (κ1) is 23.4. The Balaban J connectivity index is 0.00000529. The third-order valence-corrected chi connectivity index (χ3v) is 4.98. The fourth-order valence-electron chi connectivity index (χ4n) is 3.12. The summed E-state index contributed by atoms with van der Waals surface area (Å²) in [7, 11) is 0. The van der Waals surface area contributed by atoms with Crippen LogP contribution in [0.3, 0.4) is 0 Å². The number of nitrogens with zero attached hydrogens (tertiary/aromatic N) is 1. The van der Waals surface area contributed by atoms with Crippen LogP contribution in [-0.4, -0.2) is 4.98 Å². The lowest BCUT2D eigenvalue weighted by Gasteiger charge is -2.04. The molecular weight excluding hydrogens is 316 g/mol. The van der Waals surface area contributed by atoms with Crippen LogP contribution in [0.15, 0.2) is 18.3 Å². The fourth-order valence-corrected chi connectivity index (χ4v) is 3.33. The predicted molar refractivity (Wildman–Crippen MR) is 108 cm³/mol. The molecule has 1 rings (SSSR count). The van der Waals surface area contributed by atoms with Crippen LogP contribution in [0, 0.1) is 0 Å². The molecule has 0 unspecified atom stereocenters. The molecule has 1 aromatic rings. The van der Waals surface area contributed by atoms with Crippen LogP contribution in [0.4, 0.5) is 0 Å². The Morgan fingerprint density at radius 2 is 1.21 bits per heavy atom. The summed E-state index contributed by atoms with van der Waals surface area (Å²) in [5.41, 5.74) is 1.20. The van der Waals surface area contributed by atoms with Gasteiger partial charge in [-0.25, -0.2) is 4.98 Å². The summed E-state index contributed by atoms with van der Waals surface area (Å²) < 4.78 is 0.